The second-order valence-electron chi connectivity index (χ2n) is 6.67. The summed E-state index contributed by atoms with van der Waals surface area (Å²) in [5.74, 6) is -0.0359. The fourth-order valence-corrected chi connectivity index (χ4v) is 3.62. The number of aliphatic hydroxyl groups excluding tert-OH is 1. The number of carbonyl (C=O) groups excluding carboxylic acids is 2. The van der Waals surface area contributed by atoms with Gasteiger partial charge in [-0.05, 0) is 12.5 Å². The number of ketones is 2. The highest BCUT2D eigenvalue weighted by Gasteiger charge is 2.37. The van der Waals surface area contributed by atoms with Crippen molar-refractivity contribution in [2.45, 2.75) is 38.7 Å². The van der Waals surface area contributed by atoms with E-state index < -0.39 is 6.10 Å². The molecule has 5 heteroatoms. The zero-order chi connectivity index (χ0) is 19.6. The molecular weight excluding hydrogens is 344 g/mol. The van der Waals surface area contributed by atoms with Gasteiger partial charge in [0.1, 0.15) is 11.5 Å². The van der Waals surface area contributed by atoms with E-state index in [4.69, 9.17) is 9.47 Å². The van der Waals surface area contributed by atoms with Gasteiger partial charge in [-0.25, -0.2) is 0 Å². The van der Waals surface area contributed by atoms with Crippen LogP contribution in [-0.4, -0.2) is 30.9 Å². The number of hydrogen-bond donors (Lipinski definition) is 1. The van der Waals surface area contributed by atoms with Gasteiger partial charge in [-0.3, -0.25) is 9.59 Å². The van der Waals surface area contributed by atoms with Gasteiger partial charge in [-0.1, -0.05) is 50.5 Å². The first-order valence-corrected chi connectivity index (χ1v) is 9.20. The van der Waals surface area contributed by atoms with E-state index in [-0.39, 0.29) is 34.2 Å². The zero-order valence-electron chi connectivity index (χ0n) is 15.9. The Morgan fingerprint density at radius 3 is 2.15 bits per heavy atom. The fourth-order valence-electron chi connectivity index (χ4n) is 3.62. The van der Waals surface area contributed by atoms with Crippen molar-refractivity contribution >= 4 is 11.6 Å². The summed E-state index contributed by atoms with van der Waals surface area (Å²) >= 11 is 0. The smallest absolute Gasteiger partial charge is 0.198 e. The number of unbranched alkanes of at least 4 members (excludes halogenated alkanes) is 2. The Hall–Kier alpha value is -2.66. The van der Waals surface area contributed by atoms with Crippen LogP contribution in [0.1, 0.15) is 76.1 Å². The molecule has 2 aromatic rings. The lowest BCUT2D eigenvalue weighted by molar-refractivity contribution is 0.0972. The molecule has 142 valence electrons. The highest BCUT2D eigenvalue weighted by molar-refractivity contribution is 6.30. The molecule has 1 N–H and O–H groups in total. The first-order valence-electron chi connectivity index (χ1n) is 9.20. The number of fused-ring (bicyclic) bond motifs is 2. The number of hydrogen-bond acceptors (Lipinski definition) is 5. The number of ether oxygens (including phenoxy) is 2. The molecule has 1 aliphatic rings. The van der Waals surface area contributed by atoms with Gasteiger partial charge in [0.15, 0.2) is 11.6 Å². The zero-order valence-corrected chi connectivity index (χ0v) is 15.9. The van der Waals surface area contributed by atoms with Crippen LogP contribution in [0.4, 0.5) is 0 Å². The Kier molecular flexibility index (Phi) is 5.61. The number of carbonyl (C=O) groups is 2. The lowest BCUT2D eigenvalue weighted by Crippen LogP contribution is -2.23. The van der Waals surface area contributed by atoms with Crippen molar-refractivity contribution in [1.29, 1.82) is 0 Å². The standard InChI is InChI=1S/C22H24O5/c1-4-5-6-11-16(23)15-12-17(26-2)18-19(22(15)27-3)21(25)14-10-8-7-9-13(14)20(18)24/h7-10,12,16,23H,4-6,11H2,1-3H3. The van der Waals surface area contributed by atoms with E-state index in [0.717, 1.165) is 19.3 Å². The molecule has 1 unspecified atom stereocenters. The van der Waals surface area contributed by atoms with E-state index in [9.17, 15) is 14.7 Å². The lowest BCUT2D eigenvalue weighted by atomic mass is 9.81. The van der Waals surface area contributed by atoms with Crippen molar-refractivity contribution in [3.63, 3.8) is 0 Å². The molecule has 3 rings (SSSR count). The molecule has 27 heavy (non-hydrogen) atoms. The van der Waals surface area contributed by atoms with Gasteiger partial charge in [-0.15, -0.1) is 0 Å². The molecule has 0 radical (unpaired) electrons. The predicted molar refractivity (Wildman–Crippen MR) is 102 cm³/mol. The maximum atomic E-state index is 13.2. The number of aliphatic hydroxyl groups is 1. The van der Waals surface area contributed by atoms with Crippen LogP contribution in [0.15, 0.2) is 30.3 Å². The molecule has 1 atom stereocenters. The van der Waals surface area contributed by atoms with E-state index in [1.54, 1.807) is 30.3 Å². The molecule has 1 aliphatic carbocycles. The molecule has 0 heterocycles. The maximum Gasteiger partial charge on any atom is 0.198 e. The number of rotatable bonds is 7. The second-order valence-corrected chi connectivity index (χ2v) is 6.67. The second kappa shape index (κ2) is 7.92. The molecule has 0 fully saturated rings. The third kappa shape index (κ3) is 3.23. The summed E-state index contributed by atoms with van der Waals surface area (Å²) in [6, 6.07) is 8.34. The predicted octanol–water partition coefficient (Wildman–Crippen LogP) is 4.09. The van der Waals surface area contributed by atoms with E-state index >= 15 is 0 Å². The summed E-state index contributed by atoms with van der Waals surface area (Å²) in [6.45, 7) is 2.09. The van der Waals surface area contributed by atoms with Crippen LogP contribution in [0.2, 0.25) is 0 Å². The molecule has 0 bridgehead atoms. The molecule has 0 aromatic heterocycles. The highest BCUT2D eigenvalue weighted by Crippen LogP contribution is 2.43. The molecule has 0 amide bonds. The van der Waals surface area contributed by atoms with Crippen LogP contribution in [0, 0.1) is 0 Å². The third-order valence-electron chi connectivity index (χ3n) is 5.01. The monoisotopic (exact) mass is 368 g/mol. The van der Waals surface area contributed by atoms with Crippen LogP contribution in [-0.2, 0) is 0 Å². The third-order valence-corrected chi connectivity index (χ3v) is 5.01. The lowest BCUT2D eigenvalue weighted by Gasteiger charge is -2.25. The van der Waals surface area contributed by atoms with E-state index in [1.807, 2.05) is 0 Å². The van der Waals surface area contributed by atoms with Crippen molar-refractivity contribution in [1.82, 2.24) is 0 Å². The van der Waals surface area contributed by atoms with Gasteiger partial charge >= 0.3 is 0 Å². The Labute approximate surface area is 158 Å². The minimum absolute atomic E-state index is 0.171. The Balaban J connectivity index is 2.19. The average Bonchev–Trinajstić information content (AvgIpc) is 2.70. The van der Waals surface area contributed by atoms with Crippen LogP contribution < -0.4 is 9.47 Å². The quantitative estimate of drug-likeness (QED) is 0.636. The van der Waals surface area contributed by atoms with Gasteiger partial charge in [0, 0.05) is 16.7 Å². The van der Waals surface area contributed by atoms with E-state index in [1.165, 1.54) is 14.2 Å². The maximum absolute atomic E-state index is 13.2. The van der Waals surface area contributed by atoms with Crippen LogP contribution in [0.3, 0.4) is 0 Å². The molecule has 0 aliphatic heterocycles. The molecule has 0 saturated carbocycles. The summed E-state index contributed by atoms with van der Waals surface area (Å²) < 4.78 is 10.9. The van der Waals surface area contributed by atoms with Crippen molar-refractivity contribution in [3.05, 3.63) is 58.1 Å². The normalized spacial score (nSPS) is 13.8. The van der Waals surface area contributed by atoms with Gasteiger partial charge < -0.3 is 14.6 Å². The first-order chi connectivity index (χ1) is 13.0. The largest absolute Gasteiger partial charge is 0.496 e. The Bertz CT molecular complexity index is 885. The van der Waals surface area contributed by atoms with Crippen molar-refractivity contribution in [3.8, 4) is 11.5 Å². The average molecular weight is 368 g/mol. The van der Waals surface area contributed by atoms with Crippen LogP contribution >= 0.6 is 0 Å². The van der Waals surface area contributed by atoms with Crippen molar-refractivity contribution in [2.75, 3.05) is 14.2 Å². The van der Waals surface area contributed by atoms with E-state index in [0.29, 0.717) is 23.1 Å². The van der Waals surface area contributed by atoms with E-state index in [2.05, 4.69) is 6.92 Å². The van der Waals surface area contributed by atoms with Crippen molar-refractivity contribution in [2.24, 2.45) is 0 Å². The molecular formula is C22H24O5. The Morgan fingerprint density at radius 2 is 1.59 bits per heavy atom. The Morgan fingerprint density at radius 1 is 0.963 bits per heavy atom. The molecule has 0 spiro atoms. The SMILES string of the molecule is CCCCCC(O)c1cc(OC)c2c(c1OC)C(=O)c1ccccc1C2=O. The summed E-state index contributed by atoms with van der Waals surface area (Å²) in [5.41, 5.74) is 1.54. The summed E-state index contributed by atoms with van der Waals surface area (Å²) in [5, 5.41) is 10.7. The fraction of sp³-hybridized carbons (Fsp3) is 0.364. The molecule has 0 saturated heterocycles. The first kappa shape index (κ1) is 19.1. The van der Waals surface area contributed by atoms with Gasteiger partial charge in [0.25, 0.3) is 0 Å². The molecule has 2 aromatic carbocycles. The summed E-state index contributed by atoms with van der Waals surface area (Å²) in [7, 11) is 2.90. The van der Waals surface area contributed by atoms with Gasteiger partial charge in [0.05, 0.1) is 31.5 Å². The number of benzene rings is 2. The summed E-state index contributed by atoms with van der Waals surface area (Å²) in [6.07, 6.45) is 2.65. The van der Waals surface area contributed by atoms with Crippen LogP contribution in [0.25, 0.3) is 0 Å². The minimum Gasteiger partial charge on any atom is -0.496 e. The topological polar surface area (TPSA) is 72.8 Å². The van der Waals surface area contributed by atoms with Gasteiger partial charge in [-0.2, -0.15) is 0 Å². The molecule has 5 nitrogen and oxygen atoms in total. The highest BCUT2D eigenvalue weighted by atomic mass is 16.5. The number of methoxy groups -OCH3 is 2. The summed E-state index contributed by atoms with van der Waals surface area (Å²) in [4.78, 5) is 26.2. The van der Waals surface area contributed by atoms with Crippen molar-refractivity contribution < 1.29 is 24.2 Å². The van der Waals surface area contributed by atoms with Gasteiger partial charge in [0.2, 0.25) is 0 Å². The van der Waals surface area contributed by atoms with Crippen LogP contribution in [0.5, 0.6) is 11.5 Å². The minimum atomic E-state index is -0.800.